The summed E-state index contributed by atoms with van der Waals surface area (Å²) >= 11 is 0. The fourth-order valence-electron chi connectivity index (χ4n) is 3.16. The molecule has 0 radical (unpaired) electrons. The first-order valence-electron chi connectivity index (χ1n) is 6.41. The third kappa shape index (κ3) is 3.58. The quantitative estimate of drug-likeness (QED) is 0.833. The monoisotopic (exact) mass is 251 g/mol. The summed E-state index contributed by atoms with van der Waals surface area (Å²) in [4.78, 5) is 2.36. The molecule has 2 aliphatic rings. The summed E-state index contributed by atoms with van der Waals surface area (Å²) in [5, 5.41) is 10.3. The fraction of sp³-hybridized carbons (Fsp3) is 1.00. The number of hydrogen-bond acceptors (Lipinski definition) is 2. The van der Waals surface area contributed by atoms with E-state index in [0.29, 0.717) is 18.9 Å². The lowest BCUT2D eigenvalue weighted by Crippen LogP contribution is -2.47. The second-order valence-corrected chi connectivity index (χ2v) is 5.48. The maximum absolute atomic E-state index is 12.1. The van der Waals surface area contributed by atoms with E-state index >= 15 is 0 Å². The van der Waals surface area contributed by atoms with Gasteiger partial charge in [-0.15, -0.1) is 0 Å². The average molecular weight is 251 g/mol. The second-order valence-electron chi connectivity index (χ2n) is 5.48. The van der Waals surface area contributed by atoms with Gasteiger partial charge in [0, 0.05) is 19.0 Å². The Balaban J connectivity index is 1.79. The van der Waals surface area contributed by atoms with Crippen LogP contribution in [0.15, 0.2) is 0 Å². The Bertz CT molecular complexity index is 269. The molecular formula is C12H20F3NO. The molecule has 2 rings (SSSR count). The van der Waals surface area contributed by atoms with E-state index in [9.17, 15) is 18.3 Å². The zero-order chi connectivity index (χ0) is 12.5. The van der Waals surface area contributed by atoms with E-state index < -0.39 is 18.2 Å². The highest BCUT2D eigenvalue weighted by Gasteiger charge is 2.40. The molecule has 2 saturated heterocycles. The van der Waals surface area contributed by atoms with Gasteiger partial charge >= 0.3 is 6.18 Å². The van der Waals surface area contributed by atoms with Gasteiger partial charge in [0.15, 0.2) is 0 Å². The average Bonchev–Trinajstić information content (AvgIpc) is 2.61. The molecule has 2 atom stereocenters. The van der Waals surface area contributed by atoms with Crippen molar-refractivity contribution in [2.75, 3.05) is 13.1 Å². The van der Waals surface area contributed by atoms with E-state index in [1.807, 2.05) is 0 Å². The summed E-state index contributed by atoms with van der Waals surface area (Å²) in [7, 11) is 0. The van der Waals surface area contributed by atoms with E-state index in [0.717, 1.165) is 25.9 Å². The Morgan fingerprint density at radius 2 is 2.06 bits per heavy atom. The van der Waals surface area contributed by atoms with Gasteiger partial charge in [0.25, 0.3) is 0 Å². The highest BCUT2D eigenvalue weighted by Crippen LogP contribution is 2.36. The number of alkyl halides is 3. The van der Waals surface area contributed by atoms with Crippen molar-refractivity contribution >= 4 is 0 Å². The molecule has 100 valence electrons. The van der Waals surface area contributed by atoms with Crippen LogP contribution in [0.4, 0.5) is 13.2 Å². The van der Waals surface area contributed by atoms with Gasteiger partial charge in [-0.05, 0) is 45.1 Å². The summed E-state index contributed by atoms with van der Waals surface area (Å²) in [6, 6.07) is 0.402. The van der Waals surface area contributed by atoms with Gasteiger partial charge in [-0.25, -0.2) is 0 Å². The second kappa shape index (κ2) is 4.76. The third-order valence-corrected chi connectivity index (χ3v) is 4.08. The molecule has 2 heterocycles. The smallest absolute Gasteiger partial charge is 0.389 e. The summed E-state index contributed by atoms with van der Waals surface area (Å²) in [5.41, 5.74) is -0.850. The van der Waals surface area contributed by atoms with Crippen molar-refractivity contribution in [2.45, 2.75) is 62.8 Å². The van der Waals surface area contributed by atoms with Crippen molar-refractivity contribution in [3.8, 4) is 0 Å². The number of fused-ring (bicyclic) bond motifs is 1. The van der Waals surface area contributed by atoms with Crippen LogP contribution in [0.5, 0.6) is 0 Å². The minimum atomic E-state index is -4.09. The van der Waals surface area contributed by atoms with Crippen LogP contribution in [0.1, 0.15) is 44.9 Å². The molecule has 2 aliphatic heterocycles. The van der Waals surface area contributed by atoms with Gasteiger partial charge in [0.05, 0.1) is 5.60 Å². The number of halogens is 3. The third-order valence-electron chi connectivity index (χ3n) is 4.08. The van der Waals surface area contributed by atoms with Gasteiger partial charge in [-0.3, -0.25) is 0 Å². The Kier molecular flexibility index (Phi) is 3.69. The van der Waals surface area contributed by atoms with E-state index in [-0.39, 0.29) is 12.8 Å². The van der Waals surface area contributed by atoms with Crippen LogP contribution in [0.25, 0.3) is 0 Å². The Morgan fingerprint density at radius 3 is 2.76 bits per heavy atom. The van der Waals surface area contributed by atoms with Crippen molar-refractivity contribution in [3.05, 3.63) is 0 Å². The molecule has 5 heteroatoms. The van der Waals surface area contributed by atoms with Crippen LogP contribution in [-0.2, 0) is 0 Å². The maximum atomic E-state index is 12.1. The number of nitrogens with zero attached hydrogens (tertiary/aromatic N) is 1. The standard InChI is InChI=1S/C12H20F3NO/c13-12(14,15)5-2-4-11(17)6-8-16-7-1-3-10(16)9-11/h10,17H,1-9H2. The first-order valence-corrected chi connectivity index (χ1v) is 6.41. The zero-order valence-corrected chi connectivity index (χ0v) is 9.97. The first-order chi connectivity index (χ1) is 7.88. The first kappa shape index (κ1) is 13.1. The number of rotatable bonds is 3. The molecular weight excluding hydrogens is 231 g/mol. The van der Waals surface area contributed by atoms with Gasteiger partial charge in [0.2, 0.25) is 0 Å². The van der Waals surface area contributed by atoms with Crippen molar-refractivity contribution in [2.24, 2.45) is 0 Å². The topological polar surface area (TPSA) is 23.5 Å². The summed E-state index contributed by atoms with van der Waals surface area (Å²) in [6.45, 7) is 1.93. The molecule has 2 fully saturated rings. The lowest BCUT2D eigenvalue weighted by molar-refractivity contribution is -0.139. The summed E-state index contributed by atoms with van der Waals surface area (Å²) in [6.07, 6.45) is -1.01. The van der Waals surface area contributed by atoms with Gasteiger partial charge in [-0.1, -0.05) is 0 Å². The van der Waals surface area contributed by atoms with Crippen molar-refractivity contribution in [1.29, 1.82) is 0 Å². The van der Waals surface area contributed by atoms with Crippen LogP contribution < -0.4 is 0 Å². The molecule has 0 aliphatic carbocycles. The van der Waals surface area contributed by atoms with Crippen molar-refractivity contribution < 1.29 is 18.3 Å². The molecule has 0 amide bonds. The van der Waals surface area contributed by atoms with Gasteiger partial charge in [0.1, 0.15) is 0 Å². The summed E-state index contributed by atoms with van der Waals surface area (Å²) < 4.78 is 36.2. The number of hydrogen-bond donors (Lipinski definition) is 1. The van der Waals surface area contributed by atoms with Gasteiger partial charge in [-0.2, -0.15) is 13.2 Å². The van der Waals surface area contributed by atoms with Crippen LogP contribution in [-0.4, -0.2) is 40.9 Å². The van der Waals surface area contributed by atoms with Crippen molar-refractivity contribution in [1.82, 2.24) is 4.90 Å². The lowest BCUT2D eigenvalue weighted by atomic mass is 9.83. The van der Waals surface area contributed by atoms with Crippen LogP contribution in [0.3, 0.4) is 0 Å². The Hall–Kier alpha value is -0.290. The normalized spacial score (nSPS) is 34.9. The molecule has 0 aromatic rings. The van der Waals surface area contributed by atoms with E-state index in [1.165, 1.54) is 0 Å². The maximum Gasteiger partial charge on any atom is 0.389 e. The highest BCUT2D eigenvalue weighted by atomic mass is 19.4. The molecule has 0 aromatic carbocycles. The molecule has 2 nitrogen and oxygen atoms in total. The number of piperidine rings is 1. The fourth-order valence-corrected chi connectivity index (χ4v) is 3.16. The highest BCUT2D eigenvalue weighted by molar-refractivity contribution is 4.94. The van der Waals surface area contributed by atoms with Crippen molar-refractivity contribution in [3.63, 3.8) is 0 Å². The molecule has 0 saturated carbocycles. The predicted molar refractivity (Wildman–Crippen MR) is 58.7 cm³/mol. The Labute approximate surface area is 99.8 Å². The largest absolute Gasteiger partial charge is 0.390 e. The van der Waals surface area contributed by atoms with Crippen LogP contribution in [0, 0.1) is 0 Å². The summed E-state index contributed by atoms with van der Waals surface area (Å²) in [5.74, 6) is 0. The SMILES string of the molecule is OC1(CCCC(F)(F)F)CCN2CCCC2C1. The van der Waals surface area contributed by atoms with Crippen LogP contribution in [0.2, 0.25) is 0 Å². The van der Waals surface area contributed by atoms with Crippen LogP contribution >= 0.6 is 0 Å². The molecule has 0 bridgehead atoms. The Morgan fingerprint density at radius 1 is 1.29 bits per heavy atom. The molecule has 1 N–H and O–H groups in total. The minimum absolute atomic E-state index is 0.0483. The zero-order valence-electron chi connectivity index (χ0n) is 9.97. The molecule has 0 spiro atoms. The number of aliphatic hydroxyl groups is 1. The molecule has 0 aromatic heterocycles. The minimum Gasteiger partial charge on any atom is -0.390 e. The lowest BCUT2D eigenvalue weighted by Gasteiger charge is -2.41. The van der Waals surface area contributed by atoms with Gasteiger partial charge < -0.3 is 10.0 Å². The molecule has 2 unspecified atom stereocenters. The van der Waals surface area contributed by atoms with E-state index in [1.54, 1.807) is 0 Å². The van der Waals surface area contributed by atoms with E-state index in [2.05, 4.69) is 4.90 Å². The predicted octanol–water partition coefficient (Wildman–Crippen LogP) is 2.71. The molecule has 17 heavy (non-hydrogen) atoms. The van der Waals surface area contributed by atoms with E-state index in [4.69, 9.17) is 0 Å².